The lowest BCUT2D eigenvalue weighted by Crippen LogP contribution is -3.13. The summed E-state index contributed by atoms with van der Waals surface area (Å²) in [6.45, 7) is 5.66. The fraction of sp³-hybridized carbons (Fsp3) is 0.350. The first-order valence-corrected chi connectivity index (χ1v) is 10.6. The third-order valence-electron chi connectivity index (χ3n) is 4.86. The van der Waals surface area contributed by atoms with Gasteiger partial charge in [0.25, 0.3) is 0 Å². The standard InChI is InChI=1S/C20H25N3O3S/c1-17-7-9-19(10-8-17)27(25,26)21-15-20(24)23-13-11-22(12-14-23)16-18-5-3-2-4-6-18/h2-10,21H,11-16H2,1H3/p+1. The number of quaternary nitrogens is 1. The predicted octanol–water partition coefficient (Wildman–Crippen LogP) is 0.201. The zero-order valence-corrected chi connectivity index (χ0v) is 16.3. The fourth-order valence-electron chi connectivity index (χ4n) is 3.20. The van der Waals surface area contributed by atoms with Gasteiger partial charge in [0.2, 0.25) is 15.9 Å². The molecule has 1 amide bonds. The van der Waals surface area contributed by atoms with E-state index in [9.17, 15) is 13.2 Å². The van der Waals surface area contributed by atoms with Crippen molar-refractivity contribution in [3.8, 4) is 0 Å². The van der Waals surface area contributed by atoms with Crippen LogP contribution in [0.2, 0.25) is 0 Å². The average Bonchev–Trinajstić information content (AvgIpc) is 2.68. The minimum absolute atomic E-state index is 0.176. The number of piperazine rings is 1. The maximum Gasteiger partial charge on any atom is 0.241 e. The van der Waals surface area contributed by atoms with Gasteiger partial charge < -0.3 is 9.80 Å². The molecule has 0 bridgehead atoms. The molecule has 1 aliphatic heterocycles. The smallest absolute Gasteiger partial charge is 0.241 e. The zero-order chi connectivity index (χ0) is 19.3. The molecular formula is C20H26N3O3S+. The Morgan fingerprint density at radius 1 is 1.04 bits per heavy atom. The third-order valence-corrected chi connectivity index (χ3v) is 6.28. The van der Waals surface area contributed by atoms with Crippen LogP contribution in [0.3, 0.4) is 0 Å². The quantitative estimate of drug-likeness (QED) is 0.743. The Bertz CT molecular complexity index is 859. The lowest BCUT2D eigenvalue weighted by Gasteiger charge is -2.32. The number of hydrogen-bond donors (Lipinski definition) is 2. The maximum absolute atomic E-state index is 12.4. The van der Waals surface area contributed by atoms with Crippen LogP contribution in [0.5, 0.6) is 0 Å². The Morgan fingerprint density at radius 3 is 2.30 bits per heavy atom. The van der Waals surface area contributed by atoms with Crippen molar-refractivity contribution < 1.29 is 18.1 Å². The summed E-state index contributed by atoms with van der Waals surface area (Å²) in [4.78, 5) is 15.7. The largest absolute Gasteiger partial charge is 0.330 e. The van der Waals surface area contributed by atoms with Crippen molar-refractivity contribution in [2.75, 3.05) is 32.7 Å². The molecule has 0 radical (unpaired) electrons. The first-order valence-electron chi connectivity index (χ1n) is 9.16. The highest BCUT2D eigenvalue weighted by Gasteiger charge is 2.25. The summed E-state index contributed by atoms with van der Waals surface area (Å²) in [5, 5.41) is 0. The lowest BCUT2D eigenvalue weighted by molar-refractivity contribution is -0.917. The van der Waals surface area contributed by atoms with E-state index >= 15 is 0 Å². The van der Waals surface area contributed by atoms with Crippen molar-refractivity contribution in [1.82, 2.24) is 9.62 Å². The van der Waals surface area contributed by atoms with Crippen molar-refractivity contribution in [3.63, 3.8) is 0 Å². The molecule has 144 valence electrons. The SMILES string of the molecule is Cc1ccc(S(=O)(=O)NCC(=O)N2CC[NH+](Cc3ccccc3)CC2)cc1. The van der Waals surface area contributed by atoms with Crippen molar-refractivity contribution in [2.45, 2.75) is 18.4 Å². The van der Waals surface area contributed by atoms with Crippen LogP contribution in [-0.4, -0.2) is 51.9 Å². The number of nitrogens with zero attached hydrogens (tertiary/aromatic N) is 1. The first kappa shape index (κ1) is 19.5. The van der Waals surface area contributed by atoms with E-state index in [2.05, 4.69) is 16.9 Å². The molecule has 0 aliphatic carbocycles. The van der Waals surface area contributed by atoms with Gasteiger partial charge in [0.05, 0.1) is 37.6 Å². The Hall–Kier alpha value is -2.22. The highest BCUT2D eigenvalue weighted by atomic mass is 32.2. The van der Waals surface area contributed by atoms with E-state index in [1.807, 2.05) is 25.1 Å². The molecule has 0 spiro atoms. The van der Waals surface area contributed by atoms with Crippen LogP contribution in [0.15, 0.2) is 59.5 Å². The van der Waals surface area contributed by atoms with Gasteiger partial charge in [-0.25, -0.2) is 13.1 Å². The van der Waals surface area contributed by atoms with E-state index in [0.717, 1.165) is 25.2 Å². The highest BCUT2D eigenvalue weighted by Crippen LogP contribution is 2.09. The lowest BCUT2D eigenvalue weighted by atomic mass is 10.2. The minimum Gasteiger partial charge on any atom is -0.330 e. The molecule has 2 N–H and O–H groups in total. The Balaban J connectivity index is 1.47. The molecule has 1 fully saturated rings. The van der Waals surface area contributed by atoms with Gasteiger partial charge in [-0.05, 0) is 19.1 Å². The number of carbonyl (C=O) groups is 1. The Labute approximate surface area is 160 Å². The van der Waals surface area contributed by atoms with Crippen LogP contribution in [0.4, 0.5) is 0 Å². The summed E-state index contributed by atoms with van der Waals surface area (Å²) >= 11 is 0. The Morgan fingerprint density at radius 2 is 1.67 bits per heavy atom. The molecule has 1 saturated heterocycles. The maximum atomic E-state index is 12.4. The number of hydrogen-bond acceptors (Lipinski definition) is 3. The van der Waals surface area contributed by atoms with Crippen LogP contribution in [0, 0.1) is 6.92 Å². The van der Waals surface area contributed by atoms with Crippen molar-refractivity contribution in [1.29, 1.82) is 0 Å². The van der Waals surface area contributed by atoms with Crippen LogP contribution in [-0.2, 0) is 21.4 Å². The number of nitrogens with one attached hydrogen (secondary N) is 2. The Kier molecular flexibility index (Phi) is 6.26. The van der Waals surface area contributed by atoms with E-state index in [-0.39, 0.29) is 17.3 Å². The number of carbonyl (C=O) groups excluding carboxylic acids is 1. The van der Waals surface area contributed by atoms with Crippen molar-refractivity contribution >= 4 is 15.9 Å². The van der Waals surface area contributed by atoms with Gasteiger partial charge >= 0.3 is 0 Å². The second-order valence-electron chi connectivity index (χ2n) is 6.93. The monoisotopic (exact) mass is 388 g/mol. The summed E-state index contributed by atoms with van der Waals surface area (Å²) in [5.41, 5.74) is 2.28. The molecule has 2 aromatic carbocycles. The van der Waals surface area contributed by atoms with Gasteiger partial charge in [-0.3, -0.25) is 4.79 Å². The highest BCUT2D eigenvalue weighted by molar-refractivity contribution is 7.89. The normalized spacial score (nSPS) is 15.7. The summed E-state index contributed by atoms with van der Waals surface area (Å²) in [5.74, 6) is -0.176. The van der Waals surface area contributed by atoms with Crippen LogP contribution < -0.4 is 9.62 Å². The van der Waals surface area contributed by atoms with E-state index in [4.69, 9.17) is 0 Å². The molecule has 1 aliphatic rings. The molecule has 0 aromatic heterocycles. The molecule has 1 heterocycles. The summed E-state index contributed by atoms with van der Waals surface area (Å²) in [6.07, 6.45) is 0. The number of amides is 1. The first-order chi connectivity index (χ1) is 12.9. The number of sulfonamides is 1. The molecule has 2 aromatic rings. The molecule has 0 unspecified atom stereocenters. The van der Waals surface area contributed by atoms with E-state index < -0.39 is 10.0 Å². The molecule has 0 atom stereocenters. The van der Waals surface area contributed by atoms with Gasteiger partial charge in [0.1, 0.15) is 6.54 Å². The molecule has 6 nitrogen and oxygen atoms in total. The molecule has 7 heteroatoms. The van der Waals surface area contributed by atoms with E-state index in [1.165, 1.54) is 10.5 Å². The summed E-state index contributed by atoms with van der Waals surface area (Å²) in [7, 11) is -3.66. The van der Waals surface area contributed by atoms with Crippen LogP contribution in [0.25, 0.3) is 0 Å². The van der Waals surface area contributed by atoms with Gasteiger partial charge in [-0.1, -0.05) is 48.0 Å². The molecular weight excluding hydrogens is 362 g/mol. The number of aryl methyl sites for hydroxylation is 1. The van der Waals surface area contributed by atoms with Gasteiger partial charge in [-0.15, -0.1) is 0 Å². The van der Waals surface area contributed by atoms with E-state index in [0.29, 0.717) is 13.1 Å². The summed E-state index contributed by atoms with van der Waals surface area (Å²) < 4.78 is 27.0. The van der Waals surface area contributed by atoms with Crippen molar-refractivity contribution in [3.05, 3.63) is 65.7 Å². The number of benzene rings is 2. The third kappa shape index (κ3) is 5.38. The zero-order valence-electron chi connectivity index (χ0n) is 15.5. The summed E-state index contributed by atoms with van der Waals surface area (Å²) in [6, 6.07) is 16.9. The topological polar surface area (TPSA) is 70.9 Å². The fourth-order valence-corrected chi connectivity index (χ4v) is 4.18. The van der Waals surface area contributed by atoms with Gasteiger partial charge in [0, 0.05) is 5.56 Å². The predicted molar refractivity (Wildman–Crippen MR) is 104 cm³/mol. The molecule has 3 rings (SSSR count). The van der Waals surface area contributed by atoms with Crippen LogP contribution >= 0.6 is 0 Å². The van der Waals surface area contributed by atoms with Crippen molar-refractivity contribution in [2.24, 2.45) is 0 Å². The number of rotatable bonds is 6. The van der Waals surface area contributed by atoms with Crippen LogP contribution in [0.1, 0.15) is 11.1 Å². The second kappa shape index (κ2) is 8.65. The second-order valence-corrected chi connectivity index (χ2v) is 8.70. The van der Waals surface area contributed by atoms with Gasteiger partial charge in [-0.2, -0.15) is 0 Å². The average molecular weight is 389 g/mol. The molecule has 27 heavy (non-hydrogen) atoms. The van der Waals surface area contributed by atoms with E-state index in [1.54, 1.807) is 29.2 Å². The van der Waals surface area contributed by atoms with Gasteiger partial charge in [0.15, 0.2) is 0 Å². The minimum atomic E-state index is -3.66. The molecule has 0 saturated carbocycles.